The van der Waals surface area contributed by atoms with E-state index >= 15 is 0 Å². The second-order valence-corrected chi connectivity index (χ2v) is 2.44. The molecule has 0 bridgehead atoms. The summed E-state index contributed by atoms with van der Waals surface area (Å²) in [6.45, 7) is 1.76. The van der Waals surface area contributed by atoms with E-state index in [2.05, 4.69) is 4.98 Å². The van der Waals surface area contributed by atoms with Gasteiger partial charge in [0.1, 0.15) is 0 Å². The summed E-state index contributed by atoms with van der Waals surface area (Å²) in [5.74, 6) is -1.77. The van der Waals surface area contributed by atoms with Crippen LogP contribution in [0.5, 0.6) is 0 Å². The van der Waals surface area contributed by atoms with Gasteiger partial charge in [0.15, 0.2) is 0 Å². The summed E-state index contributed by atoms with van der Waals surface area (Å²) < 4.78 is 24.9. The van der Waals surface area contributed by atoms with Crippen molar-refractivity contribution in [3.8, 4) is 0 Å². The van der Waals surface area contributed by atoms with Crippen LogP contribution in [0.15, 0.2) is 6.07 Å². The van der Waals surface area contributed by atoms with Gasteiger partial charge in [0, 0.05) is 0 Å². The number of pyridine rings is 1. The summed E-state index contributed by atoms with van der Waals surface area (Å²) >= 11 is 5.46. The molecule has 0 aliphatic carbocycles. The molecule has 0 saturated heterocycles. The summed E-state index contributed by atoms with van der Waals surface area (Å²) in [5, 5.41) is -0.0890. The van der Waals surface area contributed by atoms with Crippen LogP contribution in [0.3, 0.4) is 0 Å². The lowest BCUT2D eigenvalue weighted by Gasteiger charge is -1.99. The van der Waals surface area contributed by atoms with E-state index in [0.717, 1.165) is 6.07 Å². The molecule has 0 N–H and O–H groups in total. The maximum Gasteiger partial charge on any atom is 0.234 e. The number of nitrogens with zero attached hydrogens (tertiary/aromatic N) is 1. The molecule has 0 aromatic carbocycles. The molecule has 0 saturated carbocycles. The average Bonchev–Trinajstić information content (AvgIpc) is 1.96. The van der Waals surface area contributed by atoms with Gasteiger partial charge in [-0.05, 0) is 18.1 Å². The van der Waals surface area contributed by atoms with Crippen LogP contribution in [0.25, 0.3) is 0 Å². The molecule has 0 amide bonds. The van der Waals surface area contributed by atoms with Gasteiger partial charge in [-0.3, -0.25) is 0 Å². The van der Waals surface area contributed by atoms with Crippen LogP contribution in [0.2, 0.25) is 5.02 Å². The van der Waals surface area contributed by atoms with Gasteiger partial charge in [-0.25, -0.2) is 0 Å². The van der Waals surface area contributed by atoms with Gasteiger partial charge in [-0.15, -0.1) is 0 Å². The largest absolute Gasteiger partial charge is 0.234 e. The molecule has 1 rings (SSSR count). The minimum absolute atomic E-state index is 0.0890. The van der Waals surface area contributed by atoms with Gasteiger partial charge in [0.25, 0.3) is 0 Å². The van der Waals surface area contributed by atoms with Crippen LogP contribution < -0.4 is 0 Å². The Morgan fingerprint density at radius 2 is 2.18 bits per heavy atom. The highest BCUT2D eigenvalue weighted by Crippen LogP contribution is 2.19. The molecule has 0 aliphatic heterocycles. The van der Waals surface area contributed by atoms with E-state index in [4.69, 9.17) is 11.6 Å². The molecule has 1 aromatic rings. The third kappa shape index (κ3) is 1.66. The fourth-order valence-electron chi connectivity index (χ4n) is 0.772. The third-order valence-corrected chi connectivity index (χ3v) is 1.74. The quantitative estimate of drug-likeness (QED) is 0.601. The van der Waals surface area contributed by atoms with E-state index in [0.29, 0.717) is 12.0 Å². The number of hydrogen-bond donors (Lipinski definition) is 0. The number of halogens is 3. The minimum atomic E-state index is -0.941. The molecular weight excluding hydrogens is 172 g/mol. The van der Waals surface area contributed by atoms with E-state index in [1.807, 2.05) is 0 Å². The van der Waals surface area contributed by atoms with Gasteiger partial charge < -0.3 is 0 Å². The average molecular weight is 178 g/mol. The van der Waals surface area contributed by atoms with Crippen molar-refractivity contribution in [2.75, 3.05) is 0 Å². The zero-order valence-electron chi connectivity index (χ0n) is 5.87. The summed E-state index contributed by atoms with van der Waals surface area (Å²) in [6.07, 6.45) is 0.495. The van der Waals surface area contributed by atoms with Crippen LogP contribution in [0, 0.1) is 11.9 Å². The van der Waals surface area contributed by atoms with Crippen molar-refractivity contribution in [1.82, 2.24) is 4.98 Å². The zero-order valence-corrected chi connectivity index (χ0v) is 6.62. The normalized spacial score (nSPS) is 10.2. The van der Waals surface area contributed by atoms with E-state index in [9.17, 15) is 8.78 Å². The number of aromatic nitrogens is 1. The second kappa shape index (κ2) is 3.13. The second-order valence-electron chi connectivity index (χ2n) is 2.06. The molecule has 1 aromatic heterocycles. The summed E-state index contributed by atoms with van der Waals surface area (Å²) in [6, 6.07) is 1.13. The van der Waals surface area contributed by atoms with Crippen molar-refractivity contribution in [1.29, 1.82) is 0 Å². The fraction of sp³-hybridized carbons (Fsp3) is 0.286. The van der Waals surface area contributed by atoms with E-state index in [1.54, 1.807) is 6.92 Å². The van der Waals surface area contributed by atoms with Gasteiger partial charge in [-0.2, -0.15) is 13.8 Å². The molecule has 60 valence electrons. The SMILES string of the molecule is CCc1cc(F)nc(F)c1Cl. The van der Waals surface area contributed by atoms with Crippen LogP contribution in [0.1, 0.15) is 12.5 Å². The van der Waals surface area contributed by atoms with E-state index in [1.165, 1.54) is 0 Å². The van der Waals surface area contributed by atoms with E-state index < -0.39 is 11.9 Å². The van der Waals surface area contributed by atoms with Crippen molar-refractivity contribution in [3.63, 3.8) is 0 Å². The first-order chi connectivity index (χ1) is 5.15. The topological polar surface area (TPSA) is 12.9 Å². The molecule has 0 fully saturated rings. The Labute approximate surface area is 68.0 Å². The smallest absolute Gasteiger partial charge is 0.189 e. The number of hydrogen-bond acceptors (Lipinski definition) is 1. The maximum atomic E-state index is 12.5. The minimum Gasteiger partial charge on any atom is -0.189 e. The maximum absolute atomic E-state index is 12.5. The summed E-state index contributed by atoms with van der Waals surface area (Å²) in [4.78, 5) is 2.92. The van der Waals surface area contributed by atoms with Gasteiger partial charge in [0.05, 0.1) is 5.02 Å². The molecule has 4 heteroatoms. The Morgan fingerprint density at radius 1 is 1.55 bits per heavy atom. The van der Waals surface area contributed by atoms with Crippen molar-refractivity contribution in [2.24, 2.45) is 0 Å². The van der Waals surface area contributed by atoms with Gasteiger partial charge >= 0.3 is 0 Å². The monoisotopic (exact) mass is 177 g/mol. The highest BCUT2D eigenvalue weighted by molar-refractivity contribution is 6.31. The van der Waals surface area contributed by atoms with Gasteiger partial charge in [-0.1, -0.05) is 18.5 Å². The molecule has 0 aliphatic rings. The first-order valence-corrected chi connectivity index (χ1v) is 3.53. The first kappa shape index (κ1) is 8.40. The Balaban J connectivity index is 3.24. The van der Waals surface area contributed by atoms with E-state index in [-0.39, 0.29) is 5.02 Å². The molecule has 1 nitrogen and oxygen atoms in total. The van der Waals surface area contributed by atoms with Crippen LogP contribution in [-0.4, -0.2) is 4.98 Å². The lowest BCUT2D eigenvalue weighted by molar-refractivity contribution is 0.510. The molecular formula is C7H6ClF2N. The Hall–Kier alpha value is -0.700. The lowest BCUT2D eigenvalue weighted by atomic mass is 10.2. The highest BCUT2D eigenvalue weighted by Gasteiger charge is 2.08. The fourth-order valence-corrected chi connectivity index (χ4v) is 1.00. The third-order valence-electron chi connectivity index (χ3n) is 1.34. The predicted molar refractivity (Wildman–Crippen MR) is 38.5 cm³/mol. The number of rotatable bonds is 1. The van der Waals surface area contributed by atoms with Crippen molar-refractivity contribution < 1.29 is 8.78 Å². The number of aryl methyl sites for hydroxylation is 1. The van der Waals surface area contributed by atoms with Crippen LogP contribution >= 0.6 is 11.6 Å². The molecule has 0 atom stereocenters. The molecule has 0 radical (unpaired) electrons. The summed E-state index contributed by atoms with van der Waals surface area (Å²) in [7, 11) is 0. The van der Waals surface area contributed by atoms with Crippen molar-refractivity contribution in [2.45, 2.75) is 13.3 Å². The van der Waals surface area contributed by atoms with Crippen LogP contribution in [-0.2, 0) is 6.42 Å². The Bertz CT molecular complexity index is 275. The van der Waals surface area contributed by atoms with Crippen molar-refractivity contribution in [3.05, 3.63) is 28.5 Å². The Morgan fingerprint density at radius 3 is 2.73 bits per heavy atom. The first-order valence-electron chi connectivity index (χ1n) is 3.15. The zero-order chi connectivity index (χ0) is 8.43. The van der Waals surface area contributed by atoms with Crippen LogP contribution in [0.4, 0.5) is 8.78 Å². The van der Waals surface area contributed by atoms with Gasteiger partial charge in [0.2, 0.25) is 11.9 Å². The Kier molecular flexibility index (Phi) is 2.39. The lowest BCUT2D eigenvalue weighted by Crippen LogP contribution is -1.94. The molecule has 11 heavy (non-hydrogen) atoms. The highest BCUT2D eigenvalue weighted by atomic mass is 35.5. The summed E-state index contributed by atoms with van der Waals surface area (Å²) in [5.41, 5.74) is 0.441. The standard InChI is InChI=1S/C7H6ClF2N/c1-2-4-3-5(9)11-7(10)6(4)8/h3H,2H2,1H3. The van der Waals surface area contributed by atoms with Crippen molar-refractivity contribution >= 4 is 11.6 Å². The molecule has 1 heterocycles. The molecule has 0 unspecified atom stereocenters. The molecule has 0 spiro atoms. The predicted octanol–water partition coefficient (Wildman–Crippen LogP) is 2.58.